The predicted molar refractivity (Wildman–Crippen MR) is 171 cm³/mol. The summed E-state index contributed by atoms with van der Waals surface area (Å²) in [6.07, 6.45) is 0. The Morgan fingerprint density at radius 1 is 0.786 bits per heavy atom. The number of nitrogens with one attached hydrogen (secondary N) is 1. The lowest BCUT2D eigenvalue weighted by Gasteiger charge is -2.37. The van der Waals surface area contributed by atoms with Gasteiger partial charge in [-0.3, -0.25) is 10.1 Å². The zero-order valence-corrected chi connectivity index (χ0v) is 24.8. The van der Waals surface area contributed by atoms with Gasteiger partial charge in [-0.05, 0) is 56.4 Å². The maximum atomic E-state index is 12.4. The lowest BCUT2D eigenvalue weighted by molar-refractivity contribution is -0.385. The highest BCUT2D eigenvalue weighted by atomic mass is 79.9. The zero-order chi connectivity index (χ0) is 29.1. The van der Waals surface area contributed by atoms with Crippen molar-refractivity contribution >= 4 is 44.1 Å². The van der Waals surface area contributed by atoms with Crippen LogP contribution in [0.1, 0.15) is 27.8 Å². The number of nitrogens with zero attached hydrogens (tertiary/aromatic N) is 3. The first kappa shape index (κ1) is 27.8. The molecule has 0 saturated carbocycles. The third kappa shape index (κ3) is 5.11. The van der Waals surface area contributed by atoms with Gasteiger partial charge in [-0.15, -0.1) is 0 Å². The van der Waals surface area contributed by atoms with E-state index in [1.165, 1.54) is 0 Å². The smallest absolute Gasteiger partial charge is 0.276 e. The summed E-state index contributed by atoms with van der Waals surface area (Å²) in [7, 11) is 0. The summed E-state index contributed by atoms with van der Waals surface area (Å²) in [5, 5.41) is 22.3. The molecule has 0 atom stereocenters. The van der Waals surface area contributed by atoms with Gasteiger partial charge in [0, 0.05) is 35.1 Å². The molecule has 1 aromatic heterocycles. The second-order valence-electron chi connectivity index (χ2n) is 10.00. The fraction of sp³-hybridized carbons (Fsp3) is 0.0882. The molecule has 0 fully saturated rings. The van der Waals surface area contributed by atoms with Crippen molar-refractivity contribution in [2.45, 2.75) is 18.6 Å². The molecule has 1 N–H and O–H groups in total. The zero-order valence-electron chi connectivity index (χ0n) is 22.5. The average Bonchev–Trinajstić information content (AvgIpc) is 3.34. The number of halogens is 2. The largest absolute Gasteiger partial charge is 0.308 e. The summed E-state index contributed by atoms with van der Waals surface area (Å²) in [6, 6.07) is 41.5. The van der Waals surface area contributed by atoms with E-state index in [4.69, 9.17) is 16.7 Å². The molecule has 0 aliphatic heterocycles. The first-order valence-electron chi connectivity index (χ1n) is 13.5. The molecule has 208 valence electrons. The molecule has 0 saturated heterocycles. The van der Waals surface area contributed by atoms with Crippen LogP contribution in [0.2, 0.25) is 5.02 Å². The van der Waals surface area contributed by atoms with Crippen molar-refractivity contribution in [3.05, 3.63) is 175 Å². The minimum Gasteiger partial charge on any atom is -0.308 e. The highest BCUT2D eigenvalue weighted by molar-refractivity contribution is 9.10. The molecular formula is C34H26BrClN4O2. The van der Waals surface area contributed by atoms with Crippen molar-refractivity contribution in [3.8, 4) is 0 Å². The molecule has 42 heavy (non-hydrogen) atoms. The number of nitro benzene ring substituents is 1. The van der Waals surface area contributed by atoms with E-state index < -0.39 is 5.54 Å². The molecule has 6 rings (SSSR count). The monoisotopic (exact) mass is 636 g/mol. The third-order valence-corrected chi connectivity index (χ3v) is 8.28. The Balaban J connectivity index is 1.56. The first-order chi connectivity index (χ1) is 20.5. The summed E-state index contributed by atoms with van der Waals surface area (Å²) >= 11 is 9.83. The van der Waals surface area contributed by atoms with Gasteiger partial charge in [0.25, 0.3) is 5.69 Å². The van der Waals surface area contributed by atoms with Gasteiger partial charge >= 0.3 is 0 Å². The molecule has 0 spiro atoms. The average molecular weight is 638 g/mol. The number of benzene rings is 5. The van der Waals surface area contributed by atoms with Gasteiger partial charge in [0.1, 0.15) is 10.1 Å². The Hall–Kier alpha value is -4.30. The molecule has 6 nitrogen and oxygen atoms in total. The van der Waals surface area contributed by atoms with Crippen LogP contribution in [0.25, 0.3) is 10.9 Å². The highest BCUT2D eigenvalue weighted by Gasteiger charge is 2.41. The van der Waals surface area contributed by atoms with Gasteiger partial charge in [-0.2, -0.15) is 5.10 Å². The maximum Gasteiger partial charge on any atom is 0.276 e. The van der Waals surface area contributed by atoms with Gasteiger partial charge in [0.15, 0.2) is 0 Å². The van der Waals surface area contributed by atoms with E-state index in [-0.39, 0.29) is 10.6 Å². The van der Waals surface area contributed by atoms with Gasteiger partial charge in [-0.25, -0.2) is 4.68 Å². The van der Waals surface area contributed by atoms with Crippen molar-refractivity contribution in [3.63, 3.8) is 0 Å². The molecule has 6 aromatic rings. The van der Waals surface area contributed by atoms with E-state index in [0.717, 1.165) is 27.6 Å². The lowest BCUT2D eigenvalue weighted by Crippen LogP contribution is -2.38. The van der Waals surface area contributed by atoms with Crippen LogP contribution >= 0.6 is 27.5 Å². The molecular weight excluding hydrogens is 612 g/mol. The minimum atomic E-state index is -0.908. The Kier molecular flexibility index (Phi) is 7.89. The van der Waals surface area contributed by atoms with E-state index in [2.05, 4.69) is 57.6 Å². The normalized spacial score (nSPS) is 11.6. The van der Waals surface area contributed by atoms with Crippen LogP contribution in [0.3, 0.4) is 0 Å². The fourth-order valence-electron chi connectivity index (χ4n) is 5.62. The van der Waals surface area contributed by atoms with Crippen molar-refractivity contribution in [2.24, 2.45) is 0 Å². The molecule has 0 radical (unpaired) electrons. The predicted octanol–water partition coefficient (Wildman–Crippen LogP) is 8.49. The Morgan fingerprint density at radius 2 is 1.36 bits per heavy atom. The number of fused-ring (bicyclic) bond motifs is 1. The van der Waals surface area contributed by atoms with Gasteiger partial charge in [0.2, 0.25) is 0 Å². The summed E-state index contributed by atoms with van der Waals surface area (Å²) in [6.45, 7) is 0.826. The molecule has 0 unspecified atom stereocenters. The first-order valence-corrected chi connectivity index (χ1v) is 14.6. The Morgan fingerprint density at radius 3 is 1.88 bits per heavy atom. The van der Waals surface area contributed by atoms with Gasteiger partial charge < -0.3 is 5.32 Å². The standard InChI is InChI=1S/C34H26BrClN4O2/c35-33-30-20-25(23-37-22-24-11-10-18-29(36)19-24)31(40(41)42)21-32(30)39(38-33)34(26-12-4-1-5-13-26,27-14-6-2-7-15-27)28-16-8-3-9-17-28/h1-21,37H,22-23H2. The van der Waals surface area contributed by atoms with E-state index >= 15 is 0 Å². The molecule has 0 amide bonds. The molecule has 5 aromatic carbocycles. The SMILES string of the molecule is O=[N+]([O-])c1cc2c(cc1CNCc1cccc(Cl)c1)c(Br)nn2C(c1ccccc1)(c1ccccc1)c1ccccc1. The van der Waals surface area contributed by atoms with Crippen LogP contribution in [0.15, 0.2) is 132 Å². The third-order valence-electron chi connectivity index (χ3n) is 7.46. The van der Waals surface area contributed by atoms with Crippen molar-refractivity contribution < 1.29 is 4.92 Å². The maximum absolute atomic E-state index is 12.4. The van der Waals surface area contributed by atoms with Crippen molar-refractivity contribution in [1.29, 1.82) is 0 Å². The number of hydrogen-bond acceptors (Lipinski definition) is 4. The van der Waals surface area contributed by atoms with E-state index in [9.17, 15) is 10.1 Å². The quantitative estimate of drug-likeness (QED) is 0.0980. The summed E-state index contributed by atoms with van der Waals surface area (Å²) in [4.78, 5) is 12.1. The van der Waals surface area contributed by atoms with E-state index in [1.807, 2.05) is 89.6 Å². The van der Waals surface area contributed by atoms with E-state index in [1.54, 1.807) is 6.07 Å². The molecule has 0 aliphatic carbocycles. The summed E-state index contributed by atoms with van der Waals surface area (Å²) in [5.41, 5.74) is 4.27. The van der Waals surface area contributed by atoms with Crippen LogP contribution in [-0.2, 0) is 18.6 Å². The van der Waals surface area contributed by atoms with Crippen molar-refractivity contribution in [2.75, 3.05) is 0 Å². The number of aromatic nitrogens is 2. The minimum absolute atomic E-state index is 0.0258. The molecule has 0 aliphatic rings. The van der Waals surface area contributed by atoms with E-state index in [0.29, 0.717) is 33.8 Å². The van der Waals surface area contributed by atoms with Gasteiger partial charge in [-0.1, -0.05) is 115 Å². The number of rotatable bonds is 9. The fourth-order valence-corrected chi connectivity index (χ4v) is 6.31. The van der Waals surface area contributed by atoms with Crippen LogP contribution in [0.4, 0.5) is 5.69 Å². The highest BCUT2D eigenvalue weighted by Crippen LogP contribution is 2.44. The van der Waals surface area contributed by atoms with Crippen LogP contribution < -0.4 is 5.32 Å². The summed E-state index contributed by atoms with van der Waals surface area (Å²) < 4.78 is 2.53. The lowest BCUT2D eigenvalue weighted by atomic mass is 9.77. The van der Waals surface area contributed by atoms with Crippen LogP contribution in [0.5, 0.6) is 0 Å². The van der Waals surface area contributed by atoms with Gasteiger partial charge in [0.05, 0.1) is 10.4 Å². The van der Waals surface area contributed by atoms with Crippen LogP contribution in [0, 0.1) is 10.1 Å². The van der Waals surface area contributed by atoms with Crippen LogP contribution in [-0.4, -0.2) is 14.7 Å². The number of hydrogen-bond donors (Lipinski definition) is 1. The topological polar surface area (TPSA) is 73.0 Å². The number of nitro groups is 1. The second-order valence-corrected chi connectivity index (χ2v) is 11.2. The molecule has 8 heteroatoms. The van der Waals surface area contributed by atoms with Crippen molar-refractivity contribution in [1.82, 2.24) is 15.1 Å². The Labute approximate surface area is 256 Å². The second kappa shape index (κ2) is 11.9. The summed E-state index contributed by atoms with van der Waals surface area (Å²) in [5.74, 6) is 0. The Bertz CT molecular complexity index is 1760. The molecule has 0 bridgehead atoms. The molecule has 1 heterocycles.